The monoisotopic (exact) mass is 431 g/mol. The van der Waals surface area contributed by atoms with Crippen LogP contribution in [-0.2, 0) is 11.3 Å². The highest BCUT2D eigenvalue weighted by Gasteiger charge is 2.21. The van der Waals surface area contributed by atoms with E-state index in [0.29, 0.717) is 28.5 Å². The molecule has 30 heavy (non-hydrogen) atoms. The van der Waals surface area contributed by atoms with Crippen molar-refractivity contribution in [2.75, 3.05) is 5.32 Å². The van der Waals surface area contributed by atoms with Gasteiger partial charge in [0.1, 0.15) is 17.3 Å². The Morgan fingerprint density at radius 3 is 2.43 bits per heavy atom. The summed E-state index contributed by atoms with van der Waals surface area (Å²) in [5, 5.41) is 2.47. The summed E-state index contributed by atoms with van der Waals surface area (Å²) in [6.45, 7) is 6.19. The molecule has 0 aliphatic carbocycles. The second kappa shape index (κ2) is 9.38. The molecule has 3 rings (SSSR count). The van der Waals surface area contributed by atoms with Gasteiger partial charge in [-0.1, -0.05) is 43.8 Å². The third kappa shape index (κ3) is 4.87. The number of hydrogen-bond donors (Lipinski definition) is 1. The molecule has 0 radical (unpaired) electrons. The maximum Gasteiger partial charge on any atom is 0.262 e. The smallest absolute Gasteiger partial charge is 0.262 e. The number of carbonyl (C=O) groups is 1. The number of amides is 1. The van der Waals surface area contributed by atoms with Gasteiger partial charge in [0, 0.05) is 6.54 Å². The summed E-state index contributed by atoms with van der Waals surface area (Å²) in [6.07, 6.45) is 0.772. The lowest BCUT2D eigenvalue weighted by molar-refractivity contribution is -0.115. The first-order valence-electron chi connectivity index (χ1n) is 9.69. The van der Waals surface area contributed by atoms with E-state index in [0.717, 1.165) is 30.3 Å². The van der Waals surface area contributed by atoms with Crippen molar-refractivity contribution in [2.24, 2.45) is 5.92 Å². The molecule has 0 aliphatic heterocycles. The average molecular weight is 432 g/mol. The molecule has 8 heteroatoms. The highest BCUT2D eigenvalue weighted by Crippen LogP contribution is 2.25. The number of carbonyl (C=O) groups excluding carboxylic acids is 1. The molecule has 1 atom stereocenters. The number of hydrogen-bond acceptors (Lipinski definition) is 4. The lowest BCUT2D eigenvalue weighted by Gasteiger charge is -2.17. The van der Waals surface area contributed by atoms with Crippen LogP contribution < -0.4 is 10.9 Å². The van der Waals surface area contributed by atoms with Gasteiger partial charge in [0.05, 0.1) is 16.2 Å². The van der Waals surface area contributed by atoms with E-state index in [9.17, 15) is 18.4 Å². The van der Waals surface area contributed by atoms with E-state index in [1.165, 1.54) is 6.07 Å². The highest BCUT2D eigenvalue weighted by molar-refractivity contribution is 8.00. The molecular weight excluding hydrogens is 408 g/mol. The molecule has 1 aromatic heterocycles. The van der Waals surface area contributed by atoms with Gasteiger partial charge in [-0.05, 0) is 43.5 Å². The summed E-state index contributed by atoms with van der Waals surface area (Å²) in [4.78, 5) is 30.1. The zero-order valence-corrected chi connectivity index (χ0v) is 17.8. The van der Waals surface area contributed by atoms with Gasteiger partial charge >= 0.3 is 0 Å². The van der Waals surface area contributed by atoms with E-state index in [-0.39, 0.29) is 5.56 Å². The van der Waals surface area contributed by atoms with Crippen LogP contribution in [0.5, 0.6) is 0 Å². The van der Waals surface area contributed by atoms with E-state index in [2.05, 4.69) is 24.1 Å². The van der Waals surface area contributed by atoms with Crippen LogP contribution in [0.25, 0.3) is 10.9 Å². The number of thioether (sulfide) groups is 1. The molecule has 5 nitrogen and oxygen atoms in total. The molecule has 0 spiro atoms. The van der Waals surface area contributed by atoms with Gasteiger partial charge in [-0.25, -0.2) is 13.8 Å². The predicted molar refractivity (Wildman–Crippen MR) is 116 cm³/mol. The topological polar surface area (TPSA) is 64.0 Å². The summed E-state index contributed by atoms with van der Waals surface area (Å²) >= 11 is 1.08. The number of aromatic nitrogens is 2. The van der Waals surface area contributed by atoms with Gasteiger partial charge in [-0.3, -0.25) is 14.2 Å². The molecule has 0 saturated heterocycles. The quantitative estimate of drug-likeness (QED) is 0.429. The lowest BCUT2D eigenvalue weighted by atomic mass is 10.1. The third-order valence-electron chi connectivity index (χ3n) is 4.62. The predicted octanol–water partition coefficient (Wildman–Crippen LogP) is 4.84. The Hall–Kier alpha value is -2.74. The largest absolute Gasteiger partial charge is 0.320 e. The summed E-state index contributed by atoms with van der Waals surface area (Å²) in [6, 6.07) is 10.4. The van der Waals surface area contributed by atoms with E-state index in [1.807, 2.05) is 0 Å². The van der Waals surface area contributed by atoms with Crippen molar-refractivity contribution in [3.63, 3.8) is 0 Å². The standard InChI is InChI=1S/C22H23F2N3O2S/c1-13(2)11-12-27-21(29)15-7-4-5-10-18(15)25-22(27)30-14(3)20(28)26-19-16(23)8-6-9-17(19)24/h4-10,13-14H,11-12H2,1-3H3,(H,26,28). The zero-order valence-electron chi connectivity index (χ0n) is 17.0. The van der Waals surface area contributed by atoms with Crippen LogP contribution in [0.2, 0.25) is 0 Å². The summed E-state index contributed by atoms with van der Waals surface area (Å²) in [5.41, 5.74) is -0.117. The molecule has 1 unspecified atom stereocenters. The maximum atomic E-state index is 13.8. The van der Waals surface area contributed by atoms with Gasteiger partial charge in [-0.15, -0.1) is 0 Å². The molecule has 158 valence electrons. The summed E-state index contributed by atoms with van der Waals surface area (Å²) in [5.74, 6) is -1.90. The second-order valence-electron chi connectivity index (χ2n) is 7.40. The minimum atomic E-state index is -0.849. The minimum absolute atomic E-state index is 0.170. The van der Waals surface area contributed by atoms with Gasteiger partial charge in [-0.2, -0.15) is 0 Å². The SMILES string of the molecule is CC(C)CCn1c(SC(C)C(=O)Nc2c(F)cccc2F)nc2ccccc2c1=O. The van der Waals surface area contributed by atoms with Crippen molar-refractivity contribution in [1.82, 2.24) is 9.55 Å². The third-order valence-corrected chi connectivity index (χ3v) is 5.71. The van der Waals surface area contributed by atoms with Crippen molar-refractivity contribution in [3.05, 3.63) is 64.5 Å². The lowest BCUT2D eigenvalue weighted by Crippen LogP contribution is -2.28. The first-order valence-corrected chi connectivity index (χ1v) is 10.6. The second-order valence-corrected chi connectivity index (χ2v) is 8.70. The average Bonchev–Trinajstić information content (AvgIpc) is 2.70. The van der Waals surface area contributed by atoms with Crippen LogP contribution in [0.1, 0.15) is 27.2 Å². The molecule has 2 aromatic carbocycles. The molecule has 0 bridgehead atoms. The molecule has 1 amide bonds. The van der Waals surface area contributed by atoms with Crippen molar-refractivity contribution < 1.29 is 13.6 Å². The Labute approximate surface area is 177 Å². The van der Waals surface area contributed by atoms with Gasteiger partial charge in [0.15, 0.2) is 5.16 Å². The Bertz CT molecular complexity index is 1110. The number of nitrogens with zero attached hydrogens (tertiary/aromatic N) is 2. The molecule has 0 aliphatic rings. The van der Waals surface area contributed by atoms with Crippen molar-refractivity contribution >= 4 is 34.3 Å². The molecule has 0 fully saturated rings. The number of rotatable bonds is 7. The van der Waals surface area contributed by atoms with E-state index in [1.54, 1.807) is 35.8 Å². The number of halogens is 2. The summed E-state index contributed by atoms with van der Waals surface area (Å²) < 4.78 is 29.3. The molecular formula is C22H23F2N3O2S. The van der Waals surface area contributed by atoms with Crippen LogP contribution in [0.15, 0.2) is 52.4 Å². The van der Waals surface area contributed by atoms with Crippen LogP contribution in [-0.4, -0.2) is 20.7 Å². The molecule has 1 heterocycles. The Morgan fingerprint density at radius 1 is 1.10 bits per heavy atom. The first-order chi connectivity index (χ1) is 14.3. The number of fused-ring (bicyclic) bond motifs is 1. The van der Waals surface area contributed by atoms with Gasteiger partial charge in [0.25, 0.3) is 5.56 Å². The normalized spacial score (nSPS) is 12.3. The number of anilines is 1. The summed E-state index contributed by atoms with van der Waals surface area (Å²) in [7, 11) is 0. The Balaban J connectivity index is 1.90. The first kappa shape index (κ1) is 22.0. The van der Waals surface area contributed by atoms with Crippen molar-refractivity contribution in [3.8, 4) is 0 Å². The van der Waals surface area contributed by atoms with E-state index >= 15 is 0 Å². The van der Waals surface area contributed by atoms with E-state index < -0.39 is 28.5 Å². The van der Waals surface area contributed by atoms with Crippen molar-refractivity contribution in [2.45, 2.75) is 44.1 Å². The highest BCUT2D eigenvalue weighted by atomic mass is 32.2. The number of nitrogens with one attached hydrogen (secondary N) is 1. The maximum absolute atomic E-state index is 13.8. The van der Waals surface area contributed by atoms with Crippen LogP contribution in [0.4, 0.5) is 14.5 Å². The van der Waals surface area contributed by atoms with Gasteiger partial charge < -0.3 is 5.32 Å². The van der Waals surface area contributed by atoms with Crippen LogP contribution >= 0.6 is 11.8 Å². The van der Waals surface area contributed by atoms with Crippen LogP contribution in [0, 0.1) is 17.6 Å². The van der Waals surface area contributed by atoms with Crippen molar-refractivity contribution in [1.29, 1.82) is 0 Å². The molecule has 0 saturated carbocycles. The Kier molecular flexibility index (Phi) is 6.87. The minimum Gasteiger partial charge on any atom is -0.320 e. The fourth-order valence-electron chi connectivity index (χ4n) is 2.88. The zero-order chi connectivity index (χ0) is 21.8. The number of para-hydroxylation sites is 2. The Morgan fingerprint density at radius 2 is 1.77 bits per heavy atom. The fourth-order valence-corrected chi connectivity index (χ4v) is 3.81. The number of benzene rings is 2. The molecule has 1 N–H and O–H groups in total. The van der Waals surface area contributed by atoms with Crippen LogP contribution in [0.3, 0.4) is 0 Å². The van der Waals surface area contributed by atoms with Gasteiger partial charge in [0.2, 0.25) is 5.91 Å². The van der Waals surface area contributed by atoms with E-state index in [4.69, 9.17) is 0 Å². The molecule has 3 aromatic rings. The fraction of sp³-hybridized carbons (Fsp3) is 0.318.